The Morgan fingerprint density at radius 2 is 1.80 bits per heavy atom. The first-order valence-electron chi connectivity index (χ1n) is 6.21. The molecular weight excluding hydrogens is 316 g/mol. The summed E-state index contributed by atoms with van der Waals surface area (Å²) in [5.41, 5.74) is 1.01. The van der Waals surface area contributed by atoms with Gasteiger partial charge in [0.2, 0.25) is 0 Å². The van der Waals surface area contributed by atoms with Crippen LogP contribution in [-0.2, 0) is 0 Å². The molecule has 100 valence electrons. The molecule has 0 aliphatic rings. The van der Waals surface area contributed by atoms with Gasteiger partial charge in [-0.15, -0.1) is 0 Å². The number of aromatic nitrogens is 1. The quantitative estimate of drug-likeness (QED) is 0.753. The van der Waals surface area contributed by atoms with Crippen molar-refractivity contribution in [2.45, 2.75) is 0 Å². The summed E-state index contributed by atoms with van der Waals surface area (Å²) in [5, 5.41) is 5.60. The van der Waals surface area contributed by atoms with Gasteiger partial charge in [-0.2, -0.15) is 0 Å². The van der Waals surface area contributed by atoms with Gasteiger partial charge in [0.15, 0.2) is 0 Å². The number of pyridine rings is 1. The van der Waals surface area contributed by atoms with Crippen LogP contribution < -0.4 is 10.1 Å². The van der Waals surface area contributed by atoms with Gasteiger partial charge < -0.3 is 10.1 Å². The molecule has 1 heterocycles. The highest BCUT2D eigenvalue weighted by Crippen LogP contribution is 2.25. The second kappa shape index (κ2) is 5.51. The smallest absolute Gasteiger partial charge is 0.130 e. The van der Waals surface area contributed by atoms with Crippen LogP contribution in [0.5, 0.6) is 5.75 Å². The van der Waals surface area contributed by atoms with Crippen molar-refractivity contribution < 1.29 is 4.74 Å². The van der Waals surface area contributed by atoms with Crippen LogP contribution in [0.3, 0.4) is 0 Å². The molecule has 0 unspecified atom stereocenters. The lowest BCUT2D eigenvalue weighted by Gasteiger charge is -2.08. The number of hydrogen-bond acceptors (Lipinski definition) is 3. The Morgan fingerprint density at radius 3 is 2.55 bits per heavy atom. The monoisotopic (exact) mass is 328 g/mol. The average Bonchev–Trinajstić information content (AvgIpc) is 2.49. The van der Waals surface area contributed by atoms with Gasteiger partial charge in [-0.25, -0.2) is 4.98 Å². The molecule has 0 radical (unpaired) electrons. The fourth-order valence-electron chi connectivity index (χ4n) is 2.03. The van der Waals surface area contributed by atoms with Crippen LogP contribution >= 0.6 is 15.9 Å². The predicted molar refractivity (Wildman–Crippen MR) is 85.7 cm³/mol. The van der Waals surface area contributed by atoms with Crippen LogP contribution in [0.2, 0.25) is 0 Å². The molecule has 0 saturated heterocycles. The van der Waals surface area contributed by atoms with Crippen LogP contribution in [0.4, 0.5) is 11.5 Å². The van der Waals surface area contributed by atoms with E-state index in [0.29, 0.717) is 0 Å². The summed E-state index contributed by atoms with van der Waals surface area (Å²) in [7, 11) is 1.68. The molecule has 2 aromatic carbocycles. The van der Waals surface area contributed by atoms with E-state index in [4.69, 9.17) is 4.74 Å². The third kappa shape index (κ3) is 2.75. The van der Waals surface area contributed by atoms with Crippen molar-refractivity contribution >= 4 is 38.2 Å². The Morgan fingerprint density at radius 1 is 1.00 bits per heavy atom. The average molecular weight is 329 g/mol. The number of anilines is 2. The van der Waals surface area contributed by atoms with Crippen molar-refractivity contribution in [2.75, 3.05) is 12.4 Å². The summed E-state index contributed by atoms with van der Waals surface area (Å²) in [6.07, 6.45) is 1.77. The minimum absolute atomic E-state index is 0.820. The highest BCUT2D eigenvalue weighted by atomic mass is 79.9. The van der Waals surface area contributed by atoms with Crippen molar-refractivity contribution in [3.8, 4) is 5.75 Å². The van der Waals surface area contributed by atoms with E-state index in [0.717, 1.165) is 32.5 Å². The predicted octanol–water partition coefficient (Wildman–Crippen LogP) is 4.75. The highest BCUT2D eigenvalue weighted by molar-refractivity contribution is 9.10. The lowest BCUT2D eigenvalue weighted by molar-refractivity contribution is 0.415. The van der Waals surface area contributed by atoms with Gasteiger partial charge in [0.25, 0.3) is 0 Å². The molecule has 0 aliphatic carbocycles. The Hall–Kier alpha value is -2.07. The standard InChI is InChI=1S/C16H13BrN2O/c1-20-15-6-3-11-8-14(5-2-12(11)9-15)19-16-7-4-13(17)10-18-16/h2-10H,1H3,(H,18,19). The summed E-state index contributed by atoms with van der Waals surface area (Å²) >= 11 is 3.37. The van der Waals surface area contributed by atoms with Crippen molar-refractivity contribution in [1.82, 2.24) is 4.98 Å². The summed E-state index contributed by atoms with van der Waals surface area (Å²) in [5.74, 6) is 1.69. The third-order valence-electron chi connectivity index (χ3n) is 3.05. The zero-order valence-corrected chi connectivity index (χ0v) is 12.5. The van der Waals surface area contributed by atoms with Crippen molar-refractivity contribution in [3.05, 3.63) is 59.2 Å². The zero-order chi connectivity index (χ0) is 13.9. The summed E-state index contributed by atoms with van der Waals surface area (Å²) < 4.78 is 6.20. The van der Waals surface area contributed by atoms with Gasteiger partial charge in [0.05, 0.1) is 7.11 Å². The normalized spacial score (nSPS) is 10.5. The number of rotatable bonds is 3. The maximum atomic E-state index is 5.23. The van der Waals surface area contributed by atoms with E-state index in [-0.39, 0.29) is 0 Å². The third-order valence-corrected chi connectivity index (χ3v) is 3.52. The van der Waals surface area contributed by atoms with E-state index < -0.39 is 0 Å². The molecule has 0 spiro atoms. The molecule has 0 amide bonds. The van der Waals surface area contributed by atoms with Gasteiger partial charge in [0, 0.05) is 16.4 Å². The number of benzene rings is 2. The molecule has 3 rings (SSSR count). The number of halogens is 1. The molecule has 0 fully saturated rings. The Balaban J connectivity index is 1.90. The number of nitrogens with zero attached hydrogens (tertiary/aromatic N) is 1. The lowest BCUT2D eigenvalue weighted by Crippen LogP contribution is -1.92. The minimum Gasteiger partial charge on any atom is -0.497 e. The largest absolute Gasteiger partial charge is 0.497 e. The Bertz CT molecular complexity index is 741. The topological polar surface area (TPSA) is 34.1 Å². The molecule has 1 N–H and O–H groups in total. The zero-order valence-electron chi connectivity index (χ0n) is 10.9. The first kappa shape index (κ1) is 12.9. The highest BCUT2D eigenvalue weighted by Gasteiger charge is 2.00. The molecule has 20 heavy (non-hydrogen) atoms. The van der Waals surface area contributed by atoms with Gasteiger partial charge in [-0.3, -0.25) is 0 Å². The fourth-order valence-corrected chi connectivity index (χ4v) is 2.26. The molecular formula is C16H13BrN2O. The van der Waals surface area contributed by atoms with E-state index in [2.05, 4.69) is 38.4 Å². The number of nitrogens with one attached hydrogen (secondary N) is 1. The van der Waals surface area contributed by atoms with Crippen LogP contribution in [-0.4, -0.2) is 12.1 Å². The summed E-state index contributed by atoms with van der Waals surface area (Å²) in [6.45, 7) is 0. The molecule has 3 nitrogen and oxygen atoms in total. The first-order valence-corrected chi connectivity index (χ1v) is 7.00. The van der Waals surface area contributed by atoms with E-state index in [1.54, 1.807) is 13.3 Å². The Labute approximate surface area is 125 Å². The molecule has 1 aromatic heterocycles. The van der Waals surface area contributed by atoms with Crippen molar-refractivity contribution in [2.24, 2.45) is 0 Å². The van der Waals surface area contributed by atoms with E-state index in [1.165, 1.54) is 0 Å². The molecule has 0 bridgehead atoms. The molecule has 0 atom stereocenters. The summed E-state index contributed by atoms with van der Waals surface area (Å²) in [6, 6.07) is 16.1. The number of methoxy groups -OCH3 is 1. The summed E-state index contributed by atoms with van der Waals surface area (Å²) in [4.78, 5) is 4.30. The van der Waals surface area contributed by atoms with Gasteiger partial charge in [0.1, 0.15) is 11.6 Å². The number of fused-ring (bicyclic) bond motifs is 1. The van der Waals surface area contributed by atoms with E-state index >= 15 is 0 Å². The minimum atomic E-state index is 0.820. The second-order valence-corrected chi connectivity index (χ2v) is 5.33. The van der Waals surface area contributed by atoms with Crippen LogP contribution in [0, 0.1) is 0 Å². The Kier molecular flexibility index (Phi) is 3.56. The van der Waals surface area contributed by atoms with Gasteiger partial charge >= 0.3 is 0 Å². The SMILES string of the molecule is COc1ccc2cc(Nc3ccc(Br)cn3)ccc2c1. The van der Waals surface area contributed by atoms with Crippen LogP contribution in [0.1, 0.15) is 0 Å². The van der Waals surface area contributed by atoms with E-state index in [9.17, 15) is 0 Å². The van der Waals surface area contributed by atoms with Gasteiger partial charge in [-0.1, -0.05) is 12.1 Å². The van der Waals surface area contributed by atoms with Crippen molar-refractivity contribution in [1.29, 1.82) is 0 Å². The molecule has 0 saturated carbocycles. The van der Waals surface area contributed by atoms with Gasteiger partial charge in [-0.05, 0) is 63.1 Å². The fraction of sp³-hybridized carbons (Fsp3) is 0.0625. The van der Waals surface area contributed by atoms with E-state index in [1.807, 2.05) is 36.4 Å². The maximum absolute atomic E-state index is 5.23. The number of ether oxygens (including phenoxy) is 1. The number of hydrogen-bond donors (Lipinski definition) is 1. The van der Waals surface area contributed by atoms with Crippen LogP contribution in [0.25, 0.3) is 10.8 Å². The maximum Gasteiger partial charge on any atom is 0.130 e. The molecule has 3 aromatic rings. The second-order valence-electron chi connectivity index (χ2n) is 4.41. The molecule has 0 aliphatic heterocycles. The lowest BCUT2D eigenvalue weighted by atomic mass is 10.1. The van der Waals surface area contributed by atoms with Crippen LogP contribution in [0.15, 0.2) is 59.2 Å². The van der Waals surface area contributed by atoms with Crippen molar-refractivity contribution in [3.63, 3.8) is 0 Å². The first-order chi connectivity index (χ1) is 9.74. The molecule has 4 heteroatoms.